The van der Waals surface area contributed by atoms with Gasteiger partial charge in [-0.1, -0.05) is 47.0 Å². The summed E-state index contributed by atoms with van der Waals surface area (Å²) in [7, 11) is 0. The molecule has 0 atom stereocenters. The monoisotopic (exact) mass is 241 g/mol. The van der Waals surface area contributed by atoms with E-state index in [1.54, 1.807) is 0 Å². The Bertz CT molecular complexity index is 183. The molecule has 2 heteroatoms. The lowest BCUT2D eigenvalue weighted by Crippen LogP contribution is -2.32. The van der Waals surface area contributed by atoms with Crippen LogP contribution in [0.1, 0.15) is 72.6 Å². The molecule has 0 aromatic rings. The SMILES string of the molecule is CCCN(CCC)C(=O)CCCCCC(C)C. The van der Waals surface area contributed by atoms with Crippen molar-refractivity contribution >= 4 is 5.91 Å². The number of carbonyl (C=O) groups excluding carboxylic acids is 1. The van der Waals surface area contributed by atoms with Crippen molar-refractivity contribution in [1.29, 1.82) is 0 Å². The fourth-order valence-corrected chi connectivity index (χ4v) is 2.06. The first kappa shape index (κ1) is 16.5. The molecule has 2 nitrogen and oxygen atoms in total. The van der Waals surface area contributed by atoms with Gasteiger partial charge < -0.3 is 4.90 Å². The highest BCUT2D eigenvalue weighted by Crippen LogP contribution is 2.10. The van der Waals surface area contributed by atoms with E-state index in [0.717, 1.165) is 44.7 Å². The number of unbranched alkanes of at least 4 members (excludes halogenated alkanes) is 2. The van der Waals surface area contributed by atoms with Crippen molar-refractivity contribution in [3.8, 4) is 0 Å². The molecule has 0 aromatic carbocycles. The van der Waals surface area contributed by atoms with Gasteiger partial charge in [0.1, 0.15) is 0 Å². The molecule has 17 heavy (non-hydrogen) atoms. The Morgan fingerprint density at radius 3 is 2.06 bits per heavy atom. The summed E-state index contributed by atoms with van der Waals surface area (Å²) in [5, 5.41) is 0. The molecular formula is C15H31NO. The smallest absolute Gasteiger partial charge is 0.222 e. The Hall–Kier alpha value is -0.530. The first-order valence-corrected chi connectivity index (χ1v) is 7.39. The zero-order chi connectivity index (χ0) is 13.1. The van der Waals surface area contributed by atoms with E-state index in [9.17, 15) is 4.79 Å². The van der Waals surface area contributed by atoms with E-state index >= 15 is 0 Å². The summed E-state index contributed by atoms with van der Waals surface area (Å²) in [4.78, 5) is 14.0. The second-order valence-corrected chi connectivity index (χ2v) is 5.37. The molecule has 0 fully saturated rings. The molecule has 1 amide bonds. The Morgan fingerprint density at radius 1 is 1.00 bits per heavy atom. The molecule has 0 unspecified atom stereocenters. The zero-order valence-corrected chi connectivity index (χ0v) is 12.3. The first-order chi connectivity index (χ1) is 8.11. The maximum absolute atomic E-state index is 11.9. The summed E-state index contributed by atoms with van der Waals surface area (Å²) in [6.07, 6.45) is 7.72. The molecule has 0 radical (unpaired) electrons. The van der Waals surface area contributed by atoms with Crippen LogP contribution in [-0.4, -0.2) is 23.9 Å². The molecule has 0 N–H and O–H groups in total. The molecule has 102 valence electrons. The van der Waals surface area contributed by atoms with Crippen molar-refractivity contribution in [3.05, 3.63) is 0 Å². The van der Waals surface area contributed by atoms with Crippen molar-refractivity contribution in [2.75, 3.05) is 13.1 Å². The van der Waals surface area contributed by atoms with Crippen LogP contribution >= 0.6 is 0 Å². The third-order valence-electron chi connectivity index (χ3n) is 3.01. The highest BCUT2D eigenvalue weighted by molar-refractivity contribution is 5.76. The van der Waals surface area contributed by atoms with Crippen LogP contribution in [0, 0.1) is 5.92 Å². The van der Waals surface area contributed by atoms with Gasteiger partial charge in [-0.05, 0) is 25.2 Å². The lowest BCUT2D eigenvalue weighted by Gasteiger charge is -2.21. The largest absolute Gasteiger partial charge is 0.343 e. The minimum absolute atomic E-state index is 0.359. The van der Waals surface area contributed by atoms with Gasteiger partial charge in [0.15, 0.2) is 0 Å². The predicted octanol–water partition coefficient (Wildman–Crippen LogP) is 4.24. The second kappa shape index (κ2) is 10.6. The molecule has 0 saturated carbocycles. The van der Waals surface area contributed by atoms with E-state index in [1.807, 2.05) is 4.90 Å². The average molecular weight is 241 g/mol. The maximum atomic E-state index is 11.9. The van der Waals surface area contributed by atoms with Gasteiger partial charge in [0, 0.05) is 19.5 Å². The van der Waals surface area contributed by atoms with E-state index in [1.165, 1.54) is 19.3 Å². The van der Waals surface area contributed by atoms with E-state index in [-0.39, 0.29) is 0 Å². The third kappa shape index (κ3) is 9.20. The maximum Gasteiger partial charge on any atom is 0.222 e. The van der Waals surface area contributed by atoms with Crippen molar-refractivity contribution in [2.24, 2.45) is 5.92 Å². The number of carbonyl (C=O) groups is 1. The summed E-state index contributed by atoms with van der Waals surface area (Å²) in [5.74, 6) is 1.15. The fraction of sp³-hybridized carbons (Fsp3) is 0.933. The quantitative estimate of drug-likeness (QED) is 0.524. The number of nitrogens with zero attached hydrogens (tertiary/aromatic N) is 1. The van der Waals surface area contributed by atoms with Crippen molar-refractivity contribution in [1.82, 2.24) is 4.90 Å². The first-order valence-electron chi connectivity index (χ1n) is 7.39. The lowest BCUT2D eigenvalue weighted by atomic mass is 10.0. The van der Waals surface area contributed by atoms with Gasteiger partial charge in [-0.25, -0.2) is 0 Å². The van der Waals surface area contributed by atoms with Crippen molar-refractivity contribution < 1.29 is 4.79 Å². The summed E-state index contributed by atoms with van der Waals surface area (Å²) in [5.41, 5.74) is 0. The highest BCUT2D eigenvalue weighted by Gasteiger charge is 2.10. The summed E-state index contributed by atoms with van der Waals surface area (Å²) in [6, 6.07) is 0. The van der Waals surface area contributed by atoms with Gasteiger partial charge in [0.25, 0.3) is 0 Å². The van der Waals surface area contributed by atoms with Crippen LogP contribution in [0.25, 0.3) is 0 Å². The van der Waals surface area contributed by atoms with Crippen LogP contribution < -0.4 is 0 Å². The highest BCUT2D eigenvalue weighted by atomic mass is 16.2. The number of hydrogen-bond donors (Lipinski definition) is 0. The second-order valence-electron chi connectivity index (χ2n) is 5.37. The van der Waals surface area contributed by atoms with Crippen LogP contribution in [-0.2, 0) is 4.79 Å². The molecule has 0 spiro atoms. The Balaban J connectivity index is 3.66. The molecular weight excluding hydrogens is 210 g/mol. The van der Waals surface area contributed by atoms with E-state index in [4.69, 9.17) is 0 Å². The Labute approximate surface area is 108 Å². The van der Waals surface area contributed by atoms with Gasteiger partial charge in [0.2, 0.25) is 5.91 Å². The normalized spacial score (nSPS) is 10.9. The van der Waals surface area contributed by atoms with Crippen LogP contribution in [0.2, 0.25) is 0 Å². The molecule has 0 heterocycles. The van der Waals surface area contributed by atoms with Gasteiger partial charge in [-0.2, -0.15) is 0 Å². The van der Waals surface area contributed by atoms with Gasteiger partial charge in [-0.15, -0.1) is 0 Å². The number of amides is 1. The van der Waals surface area contributed by atoms with E-state index < -0.39 is 0 Å². The number of hydrogen-bond acceptors (Lipinski definition) is 1. The minimum atomic E-state index is 0.359. The summed E-state index contributed by atoms with van der Waals surface area (Å²) >= 11 is 0. The summed E-state index contributed by atoms with van der Waals surface area (Å²) < 4.78 is 0. The standard InChI is InChI=1S/C15H31NO/c1-5-12-16(13-6-2)15(17)11-9-7-8-10-14(3)4/h14H,5-13H2,1-4H3. The van der Waals surface area contributed by atoms with E-state index in [2.05, 4.69) is 27.7 Å². The predicted molar refractivity (Wildman–Crippen MR) is 75.1 cm³/mol. The van der Waals surface area contributed by atoms with Crippen LogP contribution in [0.5, 0.6) is 0 Å². The molecule has 0 bridgehead atoms. The zero-order valence-electron chi connectivity index (χ0n) is 12.3. The Kier molecular flexibility index (Phi) is 10.3. The third-order valence-corrected chi connectivity index (χ3v) is 3.01. The van der Waals surface area contributed by atoms with Crippen molar-refractivity contribution in [3.63, 3.8) is 0 Å². The molecule has 0 aliphatic heterocycles. The van der Waals surface area contributed by atoms with Crippen LogP contribution in [0.15, 0.2) is 0 Å². The molecule has 0 aliphatic carbocycles. The molecule has 0 saturated heterocycles. The fourth-order valence-electron chi connectivity index (χ4n) is 2.06. The van der Waals surface area contributed by atoms with Gasteiger partial charge in [-0.3, -0.25) is 4.79 Å². The Morgan fingerprint density at radius 2 is 1.59 bits per heavy atom. The average Bonchev–Trinajstić information content (AvgIpc) is 2.27. The van der Waals surface area contributed by atoms with Gasteiger partial charge in [0.05, 0.1) is 0 Å². The van der Waals surface area contributed by atoms with Crippen LogP contribution in [0.4, 0.5) is 0 Å². The molecule has 0 aliphatic rings. The molecule has 0 rings (SSSR count). The summed E-state index contributed by atoms with van der Waals surface area (Å²) in [6.45, 7) is 10.7. The minimum Gasteiger partial charge on any atom is -0.343 e. The topological polar surface area (TPSA) is 20.3 Å². The lowest BCUT2D eigenvalue weighted by molar-refractivity contribution is -0.131. The molecule has 0 aromatic heterocycles. The number of rotatable bonds is 10. The van der Waals surface area contributed by atoms with Gasteiger partial charge >= 0.3 is 0 Å². The van der Waals surface area contributed by atoms with Crippen molar-refractivity contribution in [2.45, 2.75) is 72.6 Å². The van der Waals surface area contributed by atoms with Crippen LogP contribution in [0.3, 0.4) is 0 Å². The van der Waals surface area contributed by atoms with E-state index in [0.29, 0.717) is 5.91 Å².